The number of aryl methyl sites for hydroxylation is 1. The molecule has 0 radical (unpaired) electrons. The van der Waals surface area contributed by atoms with E-state index in [1.54, 1.807) is 19.1 Å². The number of nitrogens with one attached hydrogen (secondary N) is 1. The Kier molecular flexibility index (Phi) is 4.07. The van der Waals surface area contributed by atoms with Crippen LogP contribution in [-0.2, 0) is 0 Å². The number of hydrogen-bond acceptors (Lipinski definition) is 3. The van der Waals surface area contributed by atoms with E-state index < -0.39 is 0 Å². The zero-order chi connectivity index (χ0) is 11.3. The molecule has 0 aliphatic heterocycles. The summed E-state index contributed by atoms with van der Waals surface area (Å²) in [6, 6.07) is 5.27. The van der Waals surface area contributed by atoms with Crippen molar-refractivity contribution in [1.82, 2.24) is 10.3 Å². The Labute approximate surface area is 92.9 Å². The van der Waals surface area contributed by atoms with Crippen molar-refractivity contribution < 1.29 is 4.79 Å². The Morgan fingerprint density at radius 3 is 3.00 bits per heavy atom. The number of hydrogen-bond donors (Lipinski definition) is 1. The van der Waals surface area contributed by atoms with E-state index in [1.165, 1.54) is 0 Å². The molecule has 0 bridgehead atoms. The second kappa shape index (κ2) is 5.32. The largest absolute Gasteiger partial charge is 0.351 e. The number of aromatic nitrogens is 1. The summed E-state index contributed by atoms with van der Waals surface area (Å²) in [6.07, 6.45) is 0.280. The highest BCUT2D eigenvalue weighted by Gasteiger charge is 2.10. The molecule has 0 saturated carbocycles. The van der Waals surface area contributed by atoms with Crippen LogP contribution < -0.4 is 5.32 Å². The SMILES string of the molecule is Cc1ccc(C(=O)NCCC#N)c(Cl)n1. The Balaban J connectivity index is 2.70. The second-order valence-corrected chi connectivity index (χ2v) is 3.31. The van der Waals surface area contributed by atoms with Gasteiger partial charge in [0.25, 0.3) is 5.91 Å². The fourth-order valence-corrected chi connectivity index (χ4v) is 1.30. The summed E-state index contributed by atoms with van der Waals surface area (Å²) < 4.78 is 0. The van der Waals surface area contributed by atoms with Crippen molar-refractivity contribution in [1.29, 1.82) is 5.26 Å². The Bertz CT molecular complexity index is 412. The molecular weight excluding hydrogens is 214 g/mol. The number of halogens is 1. The topological polar surface area (TPSA) is 65.8 Å². The number of rotatable bonds is 3. The molecule has 0 unspecified atom stereocenters. The normalized spacial score (nSPS) is 9.40. The minimum atomic E-state index is -0.303. The highest BCUT2D eigenvalue weighted by atomic mass is 35.5. The van der Waals surface area contributed by atoms with Crippen LogP contribution in [0.25, 0.3) is 0 Å². The molecule has 0 aliphatic carbocycles. The number of carbonyl (C=O) groups excluding carboxylic acids is 1. The Morgan fingerprint density at radius 1 is 1.67 bits per heavy atom. The van der Waals surface area contributed by atoms with Gasteiger partial charge in [-0.2, -0.15) is 5.26 Å². The third-order valence-electron chi connectivity index (χ3n) is 1.75. The van der Waals surface area contributed by atoms with Gasteiger partial charge in [-0.25, -0.2) is 4.98 Å². The van der Waals surface area contributed by atoms with Crippen LogP contribution in [0.3, 0.4) is 0 Å². The summed E-state index contributed by atoms with van der Waals surface area (Å²) in [4.78, 5) is 15.5. The minimum Gasteiger partial charge on any atom is -0.351 e. The third kappa shape index (κ3) is 3.22. The lowest BCUT2D eigenvalue weighted by molar-refractivity contribution is 0.0954. The molecule has 1 aromatic heterocycles. The highest BCUT2D eigenvalue weighted by Crippen LogP contribution is 2.13. The summed E-state index contributed by atoms with van der Waals surface area (Å²) in [5.74, 6) is -0.303. The van der Waals surface area contributed by atoms with Crippen molar-refractivity contribution >= 4 is 17.5 Å². The Hall–Kier alpha value is -1.60. The summed E-state index contributed by atoms with van der Waals surface area (Å²) in [5, 5.41) is 11.1. The van der Waals surface area contributed by atoms with Gasteiger partial charge in [-0.05, 0) is 19.1 Å². The molecule has 0 spiro atoms. The molecule has 1 aromatic rings. The number of nitriles is 1. The first-order valence-electron chi connectivity index (χ1n) is 4.43. The highest BCUT2D eigenvalue weighted by molar-refractivity contribution is 6.32. The van der Waals surface area contributed by atoms with Crippen molar-refractivity contribution in [3.05, 3.63) is 28.5 Å². The van der Waals surface area contributed by atoms with Crippen LogP contribution in [-0.4, -0.2) is 17.4 Å². The van der Waals surface area contributed by atoms with Gasteiger partial charge in [0.1, 0.15) is 5.15 Å². The van der Waals surface area contributed by atoms with Crippen LogP contribution in [0.4, 0.5) is 0 Å². The van der Waals surface area contributed by atoms with E-state index in [4.69, 9.17) is 16.9 Å². The predicted molar refractivity (Wildman–Crippen MR) is 56.5 cm³/mol. The van der Waals surface area contributed by atoms with Crippen molar-refractivity contribution in [2.45, 2.75) is 13.3 Å². The van der Waals surface area contributed by atoms with Crippen LogP contribution in [0.1, 0.15) is 22.5 Å². The summed E-state index contributed by atoms with van der Waals surface area (Å²) in [7, 11) is 0. The van der Waals surface area contributed by atoms with Gasteiger partial charge in [-0.3, -0.25) is 4.79 Å². The fourth-order valence-electron chi connectivity index (χ4n) is 1.02. The van der Waals surface area contributed by atoms with Crippen molar-refractivity contribution in [2.24, 2.45) is 0 Å². The third-order valence-corrected chi connectivity index (χ3v) is 2.04. The smallest absolute Gasteiger partial charge is 0.254 e. The van der Waals surface area contributed by atoms with E-state index in [1.807, 2.05) is 6.07 Å². The average Bonchev–Trinajstić information content (AvgIpc) is 2.17. The Morgan fingerprint density at radius 2 is 2.40 bits per heavy atom. The standard InChI is InChI=1S/C10H10ClN3O/c1-7-3-4-8(9(11)14-7)10(15)13-6-2-5-12/h3-4H,2,6H2,1H3,(H,13,15). The first-order valence-corrected chi connectivity index (χ1v) is 4.81. The van der Waals surface area contributed by atoms with Crippen molar-refractivity contribution in [2.75, 3.05) is 6.54 Å². The molecule has 0 saturated heterocycles. The van der Waals surface area contributed by atoms with E-state index in [2.05, 4.69) is 10.3 Å². The van der Waals surface area contributed by atoms with E-state index in [-0.39, 0.29) is 17.5 Å². The number of nitrogens with zero attached hydrogens (tertiary/aromatic N) is 2. The number of amides is 1. The van der Waals surface area contributed by atoms with E-state index in [9.17, 15) is 4.79 Å². The van der Waals surface area contributed by atoms with Crippen LogP contribution in [0, 0.1) is 18.3 Å². The average molecular weight is 224 g/mol. The molecule has 1 heterocycles. The lowest BCUT2D eigenvalue weighted by atomic mass is 10.2. The molecule has 1 amide bonds. The van der Waals surface area contributed by atoms with E-state index in [0.717, 1.165) is 5.69 Å². The molecular formula is C10H10ClN3O. The van der Waals surface area contributed by atoms with Gasteiger partial charge in [0.2, 0.25) is 0 Å². The quantitative estimate of drug-likeness (QED) is 0.626. The molecule has 15 heavy (non-hydrogen) atoms. The maximum atomic E-state index is 11.5. The van der Waals surface area contributed by atoms with Crippen molar-refractivity contribution in [3.63, 3.8) is 0 Å². The monoisotopic (exact) mass is 223 g/mol. The lowest BCUT2D eigenvalue weighted by Gasteiger charge is -2.04. The molecule has 0 aromatic carbocycles. The van der Waals surface area contributed by atoms with E-state index in [0.29, 0.717) is 12.1 Å². The molecule has 0 atom stereocenters. The van der Waals surface area contributed by atoms with Crippen LogP contribution >= 0.6 is 11.6 Å². The fraction of sp³-hybridized carbons (Fsp3) is 0.300. The summed E-state index contributed by atoms with van der Waals surface area (Å²) >= 11 is 5.80. The molecule has 4 nitrogen and oxygen atoms in total. The number of pyridine rings is 1. The van der Waals surface area contributed by atoms with Gasteiger partial charge in [-0.15, -0.1) is 0 Å². The molecule has 1 N–H and O–H groups in total. The van der Waals surface area contributed by atoms with Crippen LogP contribution in [0.15, 0.2) is 12.1 Å². The molecule has 0 aliphatic rings. The zero-order valence-corrected chi connectivity index (χ0v) is 9.01. The first-order chi connectivity index (χ1) is 7.15. The van der Waals surface area contributed by atoms with E-state index >= 15 is 0 Å². The summed E-state index contributed by atoms with van der Waals surface area (Å²) in [6.45, 7) is 2.11. The predicted octanol–water partition coefficient (Wildman–Crippen LogP) is 1.69. The van der Waals surface area contributed by atoms with Gasteiger partial charge in [0, 0.05) is 12.2 Å². The second-order valence-electron chi connectivity index (χ2n) is 2.96. The molecule has 78 valence electrons. The van der Waals surface area contributed by atoms with Gasteiger partial charge >= 0.3 is 0 Å². The summed E-state index contributed by atoms with van der Waals surface area (Å²) in [5.41, 5.74) is 1.09. The molecule has 1 rings (SSSR count). The molecule has 0 fully saturated rings. The minimum absolute atomic E-state index is 0.185. The van der Waals surface area contributed by atoms with Crippen molar-refractivity contribution in [3.8, 4) is 6.07 Å². The number of carbonyl (C=O) groups is 1. The van der Waals surface area contributed by atoms with Gasteiger partial charge in [-0.1, -0.05) is 11.6 Å². The first kappa shape index (κ1) is 11.5. The maximum Gasteiger partial charge on any atom is 0.254 e. The lowest BCUT2D eigenvalue weighted by Crippen LogP contribution is -2.24. The van der Waals surface area contributed by atoms with Gasteiger partial charge < -0.3 is 5.32 Å². The van der Waals surface area contributed by atoms with Gasteiger partial charge in [0.15, 0.2) is 0 Å². The maximum absolute atomic E-state index is 11.5. The van der Waals surface area contributed by atoms with Crippen LogP contribution in [0.2, 0.25) is 5.15 Å². The van der Waals surface area contributed by atoms with Gasteiger partial charge in [0.05, 0.1) is 18.1 Å². The zero-order valence-electron chi connectivity index (χ0n) is 8.25. The molecule has 5 heteroatoms. The van der Waals surface area contributed by atoms with Crippen LogP contribution in [0.5, 0.6) is 0 Å².